The number of hydrogen-bond acceptors (Lipinski definition) is 5. The lowest BCUT2D eigenvalue weighted by atomic mass is 10.0. The SMILES string of the molecule is CCCCCCCCc1ccc(OCCOC(=O)C=CC(=O)NC(N)=O)cc1. The molecule has 0 saturated carbocycles. The van der Waals surface area contributed by atoms with E-state index in [4.69, 9.17) is 15.2 Å². The van der Waals surface area contributed by atoms with Gasteiger partial charge in [-0.05, 0) is 30.5 Å². The van der Waals surface area contributed by atoms with Gasteiger partial charge in [0.15, 0.2) is 0 Å². The van der Waals surface area contributed by atoms with Crippen LogP contribution in [0.25, 0.3) is 0 Å². The first-order valence-corrected chi connectivity index (χ1v) is 9.68. The molecule has 0 aliphatic carbocycles. The number of hydrogen-bond donors (Lipinski definition) is 2. The average Bonchev–Trinajstić information content (AvgIpc) is 2.67. The number of urea groups is 1. The number of esters is 1. The van der Waals surface area contributed by atoms with Gasteiger partial charge in [-0.2, -0.15) is 0 Å². The molecule has 3 amide bonds. The van der Waals surface area contributed by atoms with Crippen LogP contribution >= 0.6 is 0 Å². The van der Waals surface area contributed by atoms with Gasteiger partial charge in [-0.25, -0.2) is 9.59 Å². The second-order valence-corrected chi connectivity index (χ2v) is 6.36. The van der Waals surface area contributed by atoms with Gasteiger partial charge in [-0.15, -0.1) is 0 Å². The number of unbranched alkanes of at least 4 members (excludes halogenated alkanes) is 5. The maximum absolute atomic E-state index is 11.4. The van der Waals surface area contributed by atoms with E-state index < -0.39 is 17.9 Å². The quantitative estimate of drug-likeness (QED) is 0.305. The third-order valence-corrected chi connectivity index (χ3v) is 3.96. The van der Waals surface area contributed by atoms with Crippen molar-refractivity contribution in [3.63, 3.8) is 0 Å². The summed E-state index contributed by atoms with van der Waals surface area (Å²) >= 11 is 0. The molecule has 1 aromatic carbocycles. The van der Waals surface area contributed by atoms with E-state index in [9.17, 15) is 14.4 Å². The smallest absolute Gasteiger partial charge is 0.331 e. The van der Waals surface area contributed by atoms with Gasteiger partial charge in [0, 0.05) is 12.2 Å². The Morgan fingerprint density at radius 3 is 2.32 bits per heavy atom. The first-order valence-electron chi connectivity index (χ1n) is 9.68. The maximum atomic E-state index is 11.4. The first kappa shape index (κ1) is 23.2. The maximum Gasteiger partial charge on any atom is 0.331 e. The molecule has 0 spiro atoms. The minimum atomic E-state index is -0.991. The molecule has 7 heteroatoms. The molecule has 3 N–H and O–H groups in total. The fourth-order valence-corrected chi connectivity index (χ4v) is 2.52. The summed E-state index contributed by atoms with van der Waals surface area (Å²) < 4.78 is 10.4. The lowest BCUT2D eigenvalue weighted by Gasteiger charge is -2.07. The molecule has 0 radical (unpaired) electrons. The number of nitrogens with one attached hydrogen (secondary N) is 1. The molecular formula is C21H30N2O5. The van der Waals surface area contributed by atoms with Crippen molar-refractivity contribution in [2.45, 2.75) is 51.9 Å². The van der Waals surface area contributed by atoms with Gasteiger partial charge in [0.1, 0.15) is 19.0 Å². The van der Waals surface area contributed by atoms with Gasteiger partial charge >= 0.3 is 12.0 Å². The summed E-state index contributed by atoms with van der Waals surface area (Å²) in [5.74, 6) is -0.793. The van der Waals surface area contributed by atoms with Crippen LogP contribution in [-0.4, -0.2) is 31.1 Å². The highest BCUT2D eigenvalue weighted by molar-refractivity contribution is 6.02. The molecule has 0 heterocycles. The molecule has 0 atom stereocenters. The van der Waals surface area contributed by atoms with Crippen molar-refractivity contribution >= 4 is 17.9 Å². The lowest BCUT2D eigenvalue weighted by molar-refractivity contribution is -0.138. The monoisotopic (exact) mass is 390 g/mol. The van der Waals surface area contributed by atoms with Crippen LogP contribution in [0.15, 0.2) is 36.4 Å². The van der Waals surface area contributed by atoms with Gasteiger partial charge < -0.3 is 15.2 Å². The Kier molecular flexibility index (Phi) is 11.8. The number of nitrogens with two attached hydrogens (primary N) is 1. The van der Waals surface area contributed by atoms with Gasteiger partial charge in [-0.1, -0.05) is 51.2 Å². The van der Waals surface area contributed by atoms with E-state index in [0.29, 0.717) is 5.75 Å². The van der Waals surface area contributed by atoms with Crippen LogP contribution in [0.4, 0.5) is 4.79 Å². The number of primary amides is 1. The molecule has 0 fully saturated rings. The summed E-state index contributed by atoms with van der Waals surface area (Å²) in [7, 11) is 0. The van der Waals surface area contributed by atoms with Crippen molar-refractivity contribution in [2.75, 3.05) is 13.2 Å². The molecule has 1 aromatic rings. The van der Waals surface area contributed by atoms with Crippen molar-refractivity contribution < 1.29 is 23.9 Å². The normalized spacial score (nSPS) is 10.6. The zero-order valence-corrected chi connectivity index (χ0v) is 16.4. The summed E-state index contributed by atoms with van der Waals surface area (Å²) in [6, 6.07) is 6.92. The Bertz CT molecular complexity index is 641. The molecule has 7 nitrogen and oxygen atoms in total. The van der Waals surface area contributed by atoms with Crippen molar-refractivity contribution in [2.24, 2.45) is 5.73 Å². The topological polar surface area (TPSA) is 108 Å². The number of rotatable bonds is 13. The molecule has 0 bridgehead atoms. The Morgan fingerprint density at radius 2 is 1.64 bits per heavy atom. The van der Waals surface area contributed by atoms with E-state index in [2.05, 4.69) is 6.92 Å². The number of carbonyl (C=O) groups is 3. The van der Waals surface area contributed by atoms with Gasteiger partial charge in [-0.3, -0.25) is 10.1 Å². The molecule has 0 saturated heterocycles. The summed E-state index contributed by atoms with van der Waals surface area (Å²) in [4.78, 5) is 33.0. The number of imide groups is 1. The van der Waals surface area contributed by atoms with Crippen LogP contribution in [0.2, 0.25) is 0 Å². The molecule has 0 aliphatic heterocycles. The van der Waals surface area contributed by atoms with Crippen LogP contribution in [0.3, 0.4) is 0 Å². The Hall–Kier alpha value is -2.83. The molecule has 0 aliphatic rings. The number of ether oxygens (including phenoxy) is 2. The van der Waals surface area contributed by atoms with Crippen LogP contribution in [0.1, 0.15) is 51.0 Å². The van der Waals surface area contributed by atoms with Crippen molar-refractivity contribution in [1.82, 2.24) is 5.32 Å². The third-order valence-electron chi connectivity index (χ3n) is 3.96. The Morgan fingerprint density at radius 1 is 0.964 bits per heavy atom. The molecular weight excluding hydrogens is 360 g/mol. The van der Waals surface area contributed by atoms with E-state index in [1.165, 1.54) is 44.1 Å². The van der Waals surface area contributed by atoms with E-state index in [0.717, 1.165) is 18.6 Å². The highest BCUT2D eigenvalue weighted by Crippen LogP contribution is 2.15. The Labute approximate surface area is 166 Å². The van der Waals surface area contributed by atoms with E-state index in [1.807, 2.05) is 24.3 Å². The minimum Gasteiger partial charge on any atom is -0.490 e. The second-order valence-electron chi connectivity index (χ2n) is 6.36. The molecule has 28 heavy (non-hydrogen) atoms. The number of amides is 3. The summed E-state index contributed by atoms with van der Waals surface area (Å²) in [6.07, 6.45) is 10.5. The van der Waals surface area contributed by atoms with Gasteiger partial charge in [0.25, 0.3) is 5.91 Å². The minimum absolute atomic E-state index is 0.0418. The van der Waals surface area contributed by atoms with Gasteiger partial charge in [0.2, 0.25) is 0 Å². The lowest BCUT2D eigenvalue weighted by Crippen LogP contribution is -2.33. The summed E-state index contributed by atoms with van der Waals surface area (Å²) in [6.45, 7) is 2.46. The van der Waals surface area contributed by atoms with Gasteiger partial charge in [0.05, 0.1) is 0 Å². The Balaban J connectivity index is 2.17. The van der Waals surface area contributed by atoms with Crippen LogP contribution in [0.5, 0.6) is 5.75 Å². The standard InChI is InChI=1S/C21H30N2O5/c1-2-3-4-5-6-7-8-17-9-11-18(12-10-17)27-15-16-28-20(25)14-13-19(24)23-21(22)26/h9-14H,2-8,15-16H2,1H3,(H3,22,23,24,26). The molecule has 0 unspecified atom stereocenters. The average molecular weight is 390 g/mol. The van der Waals surface area contributed by atoms with Crippen molar-refractivity contribution in [3.05, 3.63) is 42.0 Å². The number of carbonyl (C=O) groups excluding carboxylic acids is 3. The molecule has 1 rings (SSSR count). The van der Waals surface area contributed by atoms with E-state index in [1.54, 1.807) is 5.32 Å². The number of benzene rings is 1. The summed E-state index contributed by atoms with van der Waals surface area (Å²) in [5, 5.41) is 1.80. The van der Waals surface area contributed by atoms with Crippen LogP contribution in [-0.2, 0) is 20.7 Å². The van der Waals surface area contributed by atoms with E-state index in [-0.39, 0.29) is 13.2 Å². The molecule has 154 valence electrons. The van der Waals surface area contributed by atoms with Crippen molar-refractivity contribution in [3.8, 4) is 5.75 Å². The first-order chi connectivity index (χ1) is 13.5. The van der Waals surface area contributed by atoms with E-state index >= 15 is 0 Å². The zero-order chi connectivity index (χ0) is 20.6. The highest BCUT2D eigenvalue weighted by atomic mass is 16.6. The second kappa shape index (κ2) is 14.3. The van der Waals surface area contributed by atoms with Crippen molar-refractivity contribution in [1.29, 1.82) is 0 Å². The fourth-order valence-electron chi connectivity index (χ4n) is 2.52. The largest absolute Gasteiger partial charge is 0.490 e. The third kappa shape index (κ3) is 11.7. The number of aryl methyl sites for hydroxylation is 1. The zero-order valence-electron chi connectivity index (χ0n) is 16.4. The fraction of sp³-hybridized carbons (Fsp3) is 0.476. The summed E-state index contributed by atoms with van der Waals surface area (Å²) in [5.41, 5.74) is 6.06. The highest BCUT2D eigenvalue weighted by Gasteiger charge is 2.02. The predicted octanol–water partition coefficient (Wildman–Crippen LogP) is 3.26. The van der Waals surface area contributed by atoms with Crippen LogP contribution in [0, 0.1) is 0 Å². The molecule has 0 aromatic heterocycles. The van der Waals surface area contributed by atoms with Crippen LogP contribution < -0.4 is 15.8 Å². The predicted molar refractivity (Wildman–Crippen MR) is 107 cm³/mol.